The molecule has 6 nitrogen and oxygen atoms in total. The summed E-state index contributed by atoms with van der Waals surface area (Å²) >= 11 is 0. The minimum absolute atomic E-state index is 0.0591. The molecule has 0 aliphatic carbocycles. The molecule has 0 unspecified atom stereocenters. The van der Waals surface area contributed by atoms with Gasteiger partial charge in [0.2, 0.25) is 0 Å². The van der Waals surface area contributed by atoms with Crippen LogP contribution in [0.15, 0.2) is 18.2 Å². The van der Waals surface area contributed by atoms with Crippen molar-refractivity contribution in [2.45, 2.75) is 19.4 Å². The number of anilines is 2. The zero-order valence-corrected chi connectivity index (χ0v) is 10.4. The number of hydrazine groups is 1. The molecule has 0 aliphatic heterocycles. The maximum absolute atomic E-state index is 13.6. The van der Waals surface area contributed by atoms with Gasteiger partial charge >= 0.3 is 5.97 Å². The van der Waals surface area contributed by atoms with Gasteiger partial charge in [0.05, 0.1) is 0 Å². The van der Waals surface area contributed by atoms with Gasteiger partial charge in [0.1, 0.15) is 11.2 Å². The highest BCUT2D eigenvalue weighted by atomic mass is 19.1. The number of halogens is 1. The van der Waals surface area contributed by atoms with Gasteiger partial charge < -0.3 is 10.4 Å². The van der Waals surface area contributed by atoms with E-state index in [1.807, 2.05) is 0 Å². The van der Waals surface area contributed by atoms with Crippen molar-refractivity contribution in [1.29, 1.82) is 0 Å². The summed E-state index contributed by atoms with van der Waals surface area (Å²) in [5.74, 6) is -1.73. The van der Waals surface area contributed by atoms with Gasteiger partial charge in [0.15, 0.2) is 5.82 Å². The van der Waals surface area contributed by atoms with E-state index in [4.69, 9.17) is 5.11 Å². The molecule has 0 saturated carbocycles. The second-order valence-electron chi connectivity index (χ2n) is 4.26. The molecule has 0 radical (unpaired) electrons. The number of nitrogens with one attached hydrogen (secondary N) is 2. The molecular formula is C11H16FN3O3. The van der Waals surface area contributed by atoms with Crippen molar-refractivity contribution in [1.82, 2.24) is 5.43 Å². The van der Waals surface area contributed by atoms with Crippen LogP contribution >= 0.6 is 0 Å². The highest BCUT2D eigenvalue weighted by Gasteiger charge is 2.26. The number of nitrogens with zero attached hydrogens (tertiary/aromatic N) is 1. The number of benzene rings is 1. The fourth-order valence-corrected chi connectivity index (χ4v) is 1.29. The largest absolute Gasteiger partial charge is 0.480 e. The molecule has 0 aliphatic rings. The number of carboxylic acid groups (broad SMARTS) is 1. The molecule has 0 spiro atoms. The summed E-state index contributed by atoms with van der Waals surface area (Å²) in [6.45, 7) is 2.93. The maximum atomic E-state index is 13.6. The standard InChI is InChI=1S/C11H16FN3O3/c1-11(2,10(16)17)14-7-4-5-9(8(12)6-7)15(18)13-3/h4-6,13-14,18H,1-3H3,(H,16,17). The Balaban J connectivity index is 2.95. The lowest BCUT2D eigenvalue weighted by atomic mass is 10.1. The highest BCUT2D eigenvalue weighted by Crippen LogP contribution is 2.23. The normalized spacial score (nSPS) is 11.2. The quantitative estimate of drug-likeness (QED) is 0.597. The number of hydrogen-bond acceptors (Lipinski definition) is 5. The molecule has 0 aromatic heterocycles. The van der Waals surface area contributed by atoms with Crippen molar-refractivity contribution < 1.29 is 19.5 Å². The van der Waals surface area contributed by atoms with E-state index in [0.29, 0.717) is 10.9 Å². The van der Waals surface area contributed by atoms with Crippen LogP contribution in [0.2, 0.25) is 0 Å². The van der Waals surface area contributed by atoms with E-state index >= 15 is 0 Å². The van der Waals surface area contributed by atoms with E-state index < -0.39 is 17.3 Å². The first-order valence-electron chi connectivity index (χ1n) is 5.25. The molecular weight excluding hydrogens is 241 g/mol. The Morgan fingerprint density at radius 3 is 2.50 bits per heavy atom. The van der Waals surface area contributed by atoms with Crippen molar-refractivity contribution in [3.63, 3.8) is 0 Å². The lowest BCUT2D eigenvalue weighted by molar-refractivity contribution is -0.141. The zero-order valence-electron chi connectivity index (χ0n) is 10.4. The van der Waals surface area contributed by atoms with Gasteiger partial charge in [0, 0.05) is 12.7 Å². The van der Waals surface area contributed by atoms with Crippen LogP contribution < -0.4 is 15.9 Å². The van der Waals surface area contributed by atoms with Crippen LogP contribution in [-0.2, 0) is 4.79 Å². The first-order valence-corrected chi connectivity index (χ1v) is 5.25. The molecule has 0 atom stereocenters. The van der Waals surface area contributed by atoms with E-state index in [9.17, 15) is 14.4 Å². The molecule has 1 aromatic carbocycles. The van der Waals surface area contributed by atoms with Crippen LogP contribution in [-0.4, -0.2) is 28.9 Å². The topological polar surface area (TPSA) is 84.8 Å². The monoisotopic (exact) mass is 257 g/mol. The number of carboxylic acids is 1. The molecule has 0 fully saturated rings. The molecule has 0 saturated heterocycles. The van der Waals surface area contributed by atoms with Crippen LogP contribution in [0.25, 0.3) is 0 Å². The van der Waals surface area contributed by atoms with Gasteiger partial charge in [-0.25, -0.2) is 14.6 Å². The second-order valence-corrected chi connectivity index (χ2v) is 4.26. The Labute approximate surface area is 104 Å². The lowest BCUT2D eigenvalue weighted by Crippen LogP contribution is -2.40. The van der Waals surface area contributed by atoms with Crippen LogP contribution in [0, 0.1) is 5.82 Å². The Morgan fingerprint density at radius 1 is 1.44 bits per heavy atom. The van der Waals surface area contributed by atoms with E-state index in [1.54, 1.807) is 0 Å². The Kier molecular flexibility index (Phi) is 4.10. The van der Waals surface area contributed by atoms with Gasteiger partial charge in [-0.1, -0.05) is 0 Å². The molecule has 0 bridgehead atoms. The SMILES string of the molecule is CNN(O)c1ccc(NC(C)(C)C(=O)O)cc1F. The van der Waals surface area contributed by atoms with Crippen molar-refractivity contribution in [3.8, 4) is 0 Å². The van der Waals surface area contributed by atoms with Gasteiger partial charge in [0.25, 0.3) is 0 Å². The predicted octanol–water partition coefficient (Wildman–Crippen LogP) is 1.43. The zero-order chi connectivity index (χ0) is 13.9. The summed E-state index contributed by atoms with van der Waals surface area (Å²) in [5, 5.41) is 21.4. The summed E-state index contributed by atoms with van der Waals surface area (Å²) in [6, 6.07) is 3.91. The molecule has 0 amide bonds. The average Bonchev–Trinajstić information content (AvgIpc) is 2.27. The summed E-state index contributed by atoms with van der Waals surface area (Å²) in [4.78, 5) is 10.9. The molecule has 100 valence electrons. The third-order valence-corrected chi connectivity index (χ3v) is 2.38. The number of rotatable bonds is 5. The number of aliphatic carboxylic acids is 1. The Bertz CT molecular complexity index is 451. The number of hydrogen-bond donors (Lipinski definition) is 4. The molecule has 7 heteroatoms. The van der Waals surface area contributed by atoms with Gasteiger partial charge in [-0.3, -0.25) is 5.21 Å². The third kappa shape index (κ3) is 3.08. The minimum Gasteiger partial charge on any atom is -0.480 e. The Morgan fingerprint density at radius 2 is 2.06 bits per heavy atom. The number of carbonyl (C=O) groups is 1. The molecule has 0 heterocycles. The third-order valence-electron chi connectivity index (χ3n) is 2.38. The van der Waals surface area contributed by atoms with Gasteiger partial charge in [-0.05, 0) is 32.0 Å². The van der Waals surface area contributed by atoms with Crippen LogP contribution in [0.4, 0.5) is 15.8 Å². The van der Waals surface area contributed by atoms with E-state index in [2.05, 4.69) is 10.7 Å². The summed E-state index contributed by atoms with van der Waals surface area (Å²) in [7, 11) is 1.43. The molecule has 18 heavy (non-hydrogen) atoms. The van der Waals surface area contributed by atoms with Crippen molar-refractivity contribution in [2.24, 2.45) is 0 Å². The van der Waals surface area contributed by atoms with Gasteiger partial charge in [-0.15, -0.1) is 0 Å². The maximum Gasteiger partial charge on any atom is 0.328 e. The van der Waals surface area contributed by atoms with Crippen LogP contribution in [0.3, 0.4) is 0 Å². The van der Waals surface area contributed by atoms with Crippen molar-refractivity contribution in [3.05, 3.63) is 24.0 Å². The van der Waals surface area contributed by atoms with Crippen LogP contribution in [0.1, 0.15) is 13.8 Å². The van der Waals surface area contributed by atoms with Crippen molar-refractivity contribution in [2.75, 3.05) is 17.5 Å². The Hall–Kier alpha value is -1.86. The van der Waals surface area contributed by atoms with Crippen LogP contribution in [0.5, 0.6) is 0 Å². The van der Waals surface area contributed by atoms with Gasteiger partial charge in [-0.2, -0.15) is 5.17 Å². The fourth-order valence-electron chi connectivity index (χ4n) is 1.29. The minimum atomic E-state index is -1.21. The molecule has 1 aromatic rings. The highest BCUT2D eigenvalue weighted by molar-refractivity contribution is 5.81. The summed E-state index contributed by atoms with van der Waals surface area (Å²) < 4.78 is 13.6. The first-order chi connectivity index (χ1) is 8.27. The lowest BCUT2D eigenvalue weighted by Gasteiger charge is -2.23. The van der Waals surface area contributed by atoms with E-state index in [-0.39, 0.29) is 5.69 Å². The first kappa shape index (κ1) is 14.2. The predicted molar refractivity (Wildman–Crippen MR) is 65.1 cm³/mol. The average molecular weight is 257 g/mol. The van der Waals surface area contributed by atoms with E-state index in [0.717, 1.165) is 6.07 Å². The fraction of sp³-hybridized carbons (Fsp3) is 0.364. The summed E-state index contributed by atoms with van der Waals surface area (Å²) in [5.41, 5.74) is 1.38. The molecule has 1 rings (SSSR count). The smallest absolute Gasteiger partial charge is 0.328 e. The molecule has 4 N–H and O–H groups in total. The van der Waals surface area contributed by atoms with E-state index in [1.165, 1.54) is 33.0 Å². The van der Waals surface area contributed by atoms with Crippen molar-refractivity contribution >= 4 is 17.3 Å². The summed E-state index contributed by atoms with van der Waals surface area (Å²) in [6.07, 6.45) is 0. The second kappa shape index (κ2) is 5.19.